The summed E-state index contributed by atoms with van der Waals surface area (Å²) in [6, 6.07) is 3.51. The standard InChI is InChI=1S/C10H12FN5O2S/c1-3-16-13-10(12-15-16)14-19(17,18)8-4-5-9(11)7(2)6-8/h4-6H,3H2,1-2H3,(H,13,14). The van der Waals surface area contributed by atoms with E-state index in [0.717, 1.165) is 6.07 Å². The third-order valence-corrected chi connectivity index (χ3v) is 3.73. The first-order valence-electron chi connectivity index (χ1n) is 5.49. The van der Waals surface area contributed by atoms with Crippen molar-refractivity contribution in [1.29, 1.82) is 0 Å². The van der Waals surface area contributed by atoms with Crippen LogP contribution in [0.4, 0.5) is 10.3 Å². The van der Waals surface area contributed by atoms with E-state index in [1.165, 1.54) is 23.9 Å². The highest BCUT2D eigenvalue weighted by Gasteiger charge is 2.17. The Morgan fingerprint density at radius 3 is 2.74 bits per heavy atom. The zero-order chi connectivity index (χ0) is 14.0. The number of hydrogen-bond acceptors (Lipinski definition) is 5. The molecule has 0 unspecified atom stereocenters. The van der Waals surface area contributed by atoms with Crippen LogP contribution in [-0.2, 0) is 16.6 Å². The summed E-state index contributed by atoms with van der Waals surface area (Å²) in [6.45, 7) is 3.76. The number of hydrogen-bond donors (Lipinski definition) is 1. The molecule has 102 valence electrons. The maximum absolute atomic E-state index is 13.1. The molecule has 1 N–H and O–H groups in total. The molecule has 2 rings (SSSR count). The summed E-state index contributed by atoms with van der Waals surface area (Å²) >= 11 is 0. The maximum atomic E-state index is 13.1. The molecule has 19 heavy (non-hydrogen) atoms. The fraction of sp³-hybridized carbons (Fsp3) is 0.300. The maximum Gasteiger partial charge on any atom is 0.277 e. The minimum atomic E-state index is -3.84. The zero-order valence-electron chi connectivity index (χ0n) is 10.3. The van der Waals surface area contributed by atoms with E-state index in [9.17, 15) is 12.8 Å². The molecule has 0 radical (unpaired) electrons. The van der Waals surface area contributed by atoms with Gasteiger partial charge in [0.15, 0.2) is 0 Å². The van der Waals surface area contributed by atoms with Crippen LogP contribution in [0, 0.1) is 12.7 Å². The Morgan fingerprint density at radius 2 is 2.16 bits per heavy atom. The minimum Gasteiger partial charge on any atom is -0.245 e. The van der Waals surface area contributed by atoms with E-state index in [2.05, 4.69) is 20.1 Å². The van der Waals surface area contributed by atoms with Crippen molar-refractivity contribution in [2.45, 2.75) is 25.3 Å². The van der Waals surface area contributed by atoms with Gasteiger partial charge < -0.3 is 0 Å². The van der Waals surface area contributed by atoms with Gasteiger partial charge in [0.2, 0.25) is 0 Å². The molecule has 0 saturated carbocycles. The van der Waals surface area contributed by atoms with Crippen molar-refractivity contribution < 1.29 is 12.8 Å². The molecular formula is C10H12FN5O2S. The molecule has 2 aromatic rings. The molecule has 0 fully saturated rings. The van der Waals surface area contributed by atoms with Gasteiger partial charge >= 0.3 is 0 Å². The van der Waals surface area contributed by atoms with Gasteiger partial charge in [-0.05, 0) is 42.8 Å². The normalized spacial score (nSPS) is 11.5. The number of nitrogens with zero attached hydrogens (tertiary/aromatic N) is 4. The molecule has 9 heteroatoms. The number of aromatic nitrogens is 4. The van der Waals surface area contributed by atoms with Crippen molar-refractivity contribution in [3.8, 4) is 0 Å². The van der Waals surface area contributed by atoms with Gasteiger partial charge in [-0.1, -0.05) is 5.10 Å². The van der Waals surface area contributed by atoms with Crippen molar-refractivity contribution in [2.24, 2.45) is 0 Å². The van der Waals surface area contributed by atoms with Gasteiger partial charge in [-0.2, -0.15) is 4.80 Å². The van der Waals surface area contributed by atoms with Gasteiger partial charge in [0.1, 0.15) is 5.82 Å². The lowest BCUT2D eigenvalue weighted by Crippen LogP contribution is -2.14. The van der Waals surface area contributed by atoms with Crippen LogP contribution in [0.5, 0.6) is 0 Å². The molecule has 0 saturated heterocycles. The molecule has 1 aromatic heterocycles. The average molecular weight is 285 g/mol. The Morgan fingerprint density at radius 1 is 1.42 bits per heavy atom. The molecule has 0 amide bonds. The lowest BCUT2D eigenvalue weighted by atomic mass is 10.2. The Hall–Kier alpha value is -2.03. The van der Waals surface area contributed by atoms with Crippen LogP contribution in [0.15, 0.2) is 23.1 Å². The van der Waals surface area contributed by atoms with Crippen LogP contribution in [-0.4, -0.2) is 28.6 Å². The lowest BCUT2D eigenvalue weighted by Gasteiger charge is -2.05. The third kappa shape index (κ3) is 2.87. The topological polar surface area (TPSA) is 89.8 Å². The molecule has 7 nitrogen and oxygen atoms in total. The Labute approximate surface area is 109 Å². The van der Waals surface area contributed by atoms with E-state index in [1.54, 1.807) is 6.92 Å². The Kier molecular flexibility index (Phi) is 3.47. The van der Waals surface area contributed by atoms with Gasteiger partial charge in [-0.3, -0.25) is 0 Å². The highest BCUT2D eigenvalue weighted by atomic mass is 32.2. The zero-order valence-corrected chi connectivity index (χ0v) is 11.1. The van der Waals surface area contributed by atoms with Crippen LogP contribution in [0.3, 0.4) is 0 Å². The van der Waals surface area contributed by atoms with E-state index >= 15 is 0 Å². The lowest BCUT2D eigenvalue weighted by molar-refractivity contribution is 0.553. The molecular weight excluding hydrogens is 273 g/mol. The number of halogens is 1. The van der Waals surface area contributed by atoms with E-state index < -0.39 is 15.8 Å². The predicted molar refractivity (Wildman–Crippen MR) is 65.4 cm³/mol. The van der Waals surface area contributed by atoms with Crippen LogP contribution in [0.1, 0.15) is 12.5 Å². The first-order valence-corrected chi connectivity index (χ1v) is 6.97. The molecule has 1 aromatic carbocycles. The second-order valence-corrected chi connectivity index (χ2v) is 5.50. The predicted octanol–water partition coefficient (Wildman–Crippen LogP) is 0.941. The van der Waals surface area contributed by atoms with Crippen LogP contribution in [0.25, 0.3) is 0 Å². The molecule has 0 atom stereocenters. The quantitative estimate of drug-likeness (QED) is 0.903. The summed E-state index contributed by atoms with van der Waals surface area (Å²) in [5.41, 5.74) is 0.244. The monoisotopic (exact) mass is 285 g/mol. The van der Waals surface area contributed by atoms with Crippen molar-refractivity contribution in [3.05, 3.63) is 29.6 Å². The van der Waals surface area contributed by atoms with Crippen molar-refractivity contribution in [3.63, 3.8) is 0 Å². The van der Waals surface area contributed by atoms with E-state index in [0.29, 0.717) is 6.54 Å². The third-order valence-electron chi connectivity index (χ3n) is 2.40. The van der Waals surface area contributed by atoms with Gasteiger partial charge in [-0.15, -0.1) is 5.10 Å². The Balaban J connectivity index is 2.29. The molecule has 0 aliphatic carbocycles. The number of nitrogens with one attached hydrogen (secondary N) is 1. The minimum absolute atomic E-state index is 0.0563. The van der Waals surface area contributed by atoms with Gasteiger partial charge in [-0.25, -0.2) is 17.5 Å². The largest absolute Gasteiger partial charge is 0.277 e. The second-order valence-electron chi connectivity index (χ2n) is 3.82. The number of rotatable bonds is 4. The Bertz CT molecular complexity index is 698. The number of benzene rings is 1. The van der Waals surface area contributed by atoms with E-state index in [4.69, 9.17) is 0 Å². The molecule has 0 bridgehead atoms. The van der Waals surface area contributed by atoms with Crippen LogP contribution >= 0.6 is 0 Å². The molecule has 0 aliphatic heterocycles. The summed E-state index contributed by atoms with van der Waals surface area (Å²) in [5.74, 6) is -0.585. The summed E-state index contributed by atoms with van der Waals surface area (Å²) < 4.78 is 39.3. The molecule has 1 heterocycles. The fourth-order valence-electron chi connectivity index (χ4n) is 1.38. The summed E-state index contributed by atoms with van der Waals surface area (Å²) in [7, 11) is -3.84. The van der Waals surface area contributed by atoms with E-state index in [1.807, 2.05) is 0 Å². The number of sulfonamides is 1. The van der Waals surface area contributed by atoms with Gasteiger partial charge in [0, 0.05) is 0 Å². The highest BCUT2D eigenvalue weighted by Crippen LogP contribution is 2.16. The number of anilines is 1. The summed E-state index contributed by atoms with van der Waals surface area (Å²) in [5, 5.41) is 11.0. The van der Waals surface area contributed by atoms with Crippen molar-refractivity contribution >= 4 is 16.0 Å². The number of tetrazole rings is 1. The molecule has 0 spiro atoms. The number of aryl methyl sites for hydroxylation is 2. The fourth-order valence-corrected chi connectivity index (χ4v) is 2.40. The first kappa shape index (κ1) is 13.4. The first-order chi connectivity index (χ1) is 8.92. The molecule has 0 aliphatic rings. The second kappa shape index (κ2) is 4.92. The van der Waals surface area contributed by atoms with Crippen LogP contribution in [0.2, 0.25) is 0 Å². The van der Waals surface area contributed by atoms with Gasteiger partial charge in [0.25, 0.3) is 16.0 Å². The average Bonchev–Trinajstić information content (AvgIpc) is 2.79. The van der Waals surface area contributed by atoms with Crippen LogP contribution < -0.4 is 4.72 Å². The van der Waals surface area contributed by atoms with Gasteiger partial charge in [0.05, 0.1) is 11.4 Å². The smallest absolute Gasteiger partial charge is 0.245 e. The van der Waals surface area contributed by atoms with Crippen molar-refractivity contribution in [2.75, 3.05) is 4.72 Å². The summed E-state index contributed by atoms with van der Waals surface area (Å²) in [6.07, 6.45) is 0. The summed E-state index contributed by atoms with van der Waals surface area (Å²) in [4.78, 5) is 1.19. The SMILES string of the molecule is CCn1nnc(NS(=O)(=O)c2ccc(F)c(C)c2)n1. The van der Waals surface area contributed by atoms with E-state index in [-0.39, 0.29) is 16.4 Å². The highest BCUT2D eigenvalue weighted by molar-refractivity contribution is 7.92. The van der Waals surface area contributed by atoms with Crippen molar-refractivity contribution in [1.82, 2.24) is 20.2 Å².